The van der Waals surface area contributed by atoms with Gasteiger partial charge in [-0.2, -0.15) is 0 Å². The number of nitrogens with zero attached hydrogens (tertiary/aromatic N) is 1. The second kappa shape index (κ2) is 11.5. The van der Waals surface area contributed by atoms with Crippen LogP contribution in [0.5, 0.6) is 0 Å². The molecule has 0 bridgehead atoms. The first-order chi connectivity index (χ1) is 13.1. The van der Waals surface area contributed by atoms with Gasteiger partial charge in [-0.15, -0.1) is 0 Å². The van der Waals surface area contributed by atoms with Gasteiger partial charge in [0.05, 0.1) is 13.2 Å². The van der Waals surface area contributed by atoms with Gasteiger partial charge in [0.2, 0.25) is 0 Å². The lowest BCUT2D eigenvalue weighted by Crippen LogP contribution is -2.32. The molecule has 6 nitrogen and oxygen atoms in total. The molecule has 2 unspecified atom stereocenters. The van der Waals surface area contributed by atoms with Crippen LogP contribution in [0.4, 0.5) is 0 Å². The van der Waals surface area contributed by atoms with E-state index in [1.54, 1.807) is 12.0 Å². The molecular formula is C21H29NO5. The number of hydroxylamine groups is 2. The van der Waals surface area contributed by atoms with Crippen molar-refractivity contribution in [3.05, 3.63) is 41.6 Å². The molecule has 0 aliphatic carbocycles. The molecule has 27 heavy (non-hydrogen) atoms. The summed E-state index contributed by atoms with van der Waals surface area (Å²) in [6.07, 6.45) is 3.58. The summed E-state index contributed by atoms with van der Waals surface area (Å²) < 4.78 is 4.79. The molecular weight excluding hydrogens is 346 g/mol. The van der Waals surface area contributed by atoms with E-state index in [0.717, 1.165) is 31.2 Å². The quantitative estimate of drug-likeness (QED) is 0.385. The van der Waals surface area contributed by atoms with Crippen LogP contribution in [0.1, 0.15) is 51.0 Å². The monoisotopic (exact) mass is 375 g/mol. The van der Waals surface area contributed by atoms with Crippen molar-refractivity contribution < 1.29 is 24.3 Å². The predicted octanol–water partition coefficient (Wildman–Crippen LogP) is 3.03. The van der Waals surface area contributed by atoms with E-state index in [1.807, 2.05) is 36.3 Å². The number of rotatable bonds is 10. The number of allylic oxidation sites excluding steroid dienone is 1. The summed E-state index contributed by atoms with van der Waals surface area (Å²) in [4.78, 5) is 28.5. The van der Waals surface area contributed by atoms with E-state index in [9.17, 15) is 14.7 Å². The fourth-order valence-corrected chi connectivity index (χ4v) is 3.25. The predicted molar refractivity (Wildman–Crippen MR) is 101 cm³/mol. The highest BCUT2D eigenvalue weighted by atomic mass is 16.7. The van der Waals surface area contributed by atoms with Crippen LogP contribution < -0.4 is 0 Å². The molecule has 1 heterocycles. The maximum absolute atomic E-state index is 11.4. The molecule has 1 fully saturated rings. The molecule has 2 atom stereocenters. The minimum Gasteiger partial charge on any atom is -0.464 e. The molecule has 1 aliphatic heterocycles. The fraction of sp³-hybridized carbons (Fsp3) is 0.571. The van der Waals surface area contributed by atoms with Crippen molar-refractivity contribution in [2.75, 3.05) is 13.2 Å². The standard InChI is InChI=1S/C21H29NO5/c1-2-26-21(25)20(24)11-7-6-8-17-12-13-22(19(14-17)15-23)27-16-18-9-4-3-5-10-18/h3-5,9-10,17,20,24H,2,6-8,11-14,16H2,1H3. The minimum atomic E-state index is -1.04. The second-order valence-electron chi connectivity index (χ2n) is 6.82. The second-order valence-corrected chi connectivity index (χ2v) is 6.82. The number of carbonyl (C=O) groups is 1. The highest BCUT2D eigenvalue weighted by Gasteiger charge is 2.25. The van der Waals surface area contributed by atoms with E-state index < -0.39 is 12.1 Å². The van der Waals surface area contributed by atoms with E-state index >= 15 is 0 Å². The first-order valence-electron chi connectivity index (χ1n) is 9.67. The number of ether oxygens (including phenoxy) is 1. The van der Waals surface area contributed by atoms with Crippen molar-refractivity contribution in [1.82, 2.24) is 5.06 Å². The van der Waals surface area contributed by atoms with Crippen LogP contribution in [-0.2, 0) is 25.8 Å². The lowest BCUT2D eigenvalue weighted by molar-refractivity contribution is -0.155. The van der Waals surface area contributed by atoms with Gasteiger partial charge < -0.3 is 9.84 Å². The number of hydrogen-bond donors (Lipinski definition) is 1. The number of piperidine rings is 1. The van der Waals surface area contributed by atoms with Crippen molar-refractivity contribution in [3.8, 4) is 0 Å². The van der Waals surface area contributed by atoms with E-state index in [4.69, 9.17) is 9.57 Å². The van der Waals surface area contributed by atoms with Gasteiger partial charge in [0.25, 0.3) is 0 Å². The zero-order chi connectivity index (χ0) is 19.5. The normalized spacial score (nSPS) is 18.1. The van der Waals surface area contributed by atoms with Crippen molar-refractivity contribution in [1.29, 1.82) is 0 Å². The Morgan fingerprint density at radius 3 is 2.81 bits per heavy atom. The van der Waals surface area contributed by atoms with Gasteiger partial charge in [0.1, 0.15) is 11.6 Å². The summed E-state index contributed by atoms with van der Waals surface area (Å²) in [5.74, 6) is 1.88. The van der Waals surface area contributed by atoms with Crippen LogP contribution in [0.3, 0.4) is 0 Å². The van der Waals surface area contributed by atoms with Crippen LogP contribution in [0.2, 0.25) is 0 Å². The molecule has 0 amide bonds. The smallest absolute Gasteiger partial charge is 0.334 e. The Labute approximate surface area is 160 Å². The third-order valence-corrected chi connectivity index (χ3v) is 4.77. The van der Waals surface area contributed by atoms with Gasteiger partial charge >= 0.3 is 5.97 Å². The topological polar surface area (TPSA) is 76.1 Å². The number of esters is 1. The van der Waals surface area contributed by atoms with Crippen LogP contribution in [-0.4, -0.2) is 41.3 Å². The van der Waals surface area contributed by atoms with Crippen LogP contribution in [0, 0.1) is 5.92 Å². The number of hydrogen-bond acceptors (Lipinski definition) is 6. The SMILES string of the molecule is CCOC(=O)C(O)CCCCC1CCN(OCc2ccccc2)C(=C=O)C1. The van der Waals surface area contributed by atoms with Gasteiger partial charge in [0.15, 0.2) is 6.10 Å². The molecule has 0 saturated carbocycles. The first-order valence-corrected chi connectivity index (χ1v) is 9.67. The fourth-order valence-electron chi connectivity index (χ4n) is 3.25. The van der Waals surface area contributed by atoms with Gasteiger partial charge in [-0.05, 0) is 37.7 Å². The van der Waals surface area contributed by atoms with Crippen LogP contribution >= 0.6 is 0 Å². The van der Waals surface area contributed by atoms with E-state index in [0.29, 0.717) is 37.6 Å². The molecule has 1 N–H and O–H groups in total. The summed E-state index contributed by atoms with van der Waals surface area (Å²) in [6, 6.07) is 9.85. The van der Waals surface area contributed by atoms with Crippen molar-refractivity contribution in [2.24, 2.45) is 5.92 Å². The highest BCUT2D eigenvalue weighted by molar-refractivity contribution is 5.74. The summed E-state index contributed by atoms with van der Waals surface area (Å²) in [6.45, 7) is 3.11. The number of carbonyl (C=O) groups excluding carboxylic acids is 2. The van der Waals surface area contributed by atoms with Gasteiger partial charge in [-0.3, -0.25) is 4.84 Å². The summed E-state index contributed by atoms with van der Waals surface area (Å²) >= 11 is 0. The first kappa shape index (κ1) is 21.2. The van der Waals surface area contributed by atoms with Crippen molar-refractivity contribution >= 4 is 11.9 Å². The lowest BCUT2D eigenvalue weighted by atomic mass is 9.90. The average Bonchev–Trinajstić information content (AvgIpc) is 2.70. The molecule has 0 spiro atoms. The zero-order valence-corrected chi connectivity index (χ0v) is 15.9. The molecule has 1 aromatic rings. The van der Waals surface area contributed by atoms with Crippen LogP contribution in [0.15, 0.2) is 36.0 Å². The molecule has 1 aromatic carbocycles. The zero-order valence-electron chi connectivity index (χ0n) is 15.9. The van der Waals surface area contributed by atoms with E-state index in [1.165, 1.54) is 0 Å². The van der Waals surface area contributed by atoms with Gasteiger partial charge in [-0.25, -0.2) is 14.7 Å². The van der Waals surface area contributed by atoms with Crippen molar-refractivity contribution in [2.45, 2.75) is 58.2 Å². The Bertz CT molecular complexity index is 627. The largest absolute Gasteiger partial charge is 0.464 e. The molecule has 1 saturated heterocycles. The molecule has 0 aromatic heterocycles. The Balaban J connectivity index is 1.68. The Morgan fingerprint density at radius 2 is 2.11 bits per heavy atom. The number of aliphatic hydroxyl groups excluding tert-OH is 1. The Hall–Kier alpha value is -2.14. The molecule has 1 aliphatic rings. The number of benzene rings is 1. The molecule has 148 valence electrons. The van der Waals surface area contributed by atoms with Crippen molar-refractivity contribution in [3.63, 3.8) is 0 Å². The lowest BCUT2D eigenvalue weighted by Gasteiger charge is -2.32. The number of unbranched alkanes of at least 4 members (excludes halogenated alkanes) is 1. The molecule has 2 rings (SSSR count). The molecule has 0 radical (unpaired) electrons. The average molecular weight is 375 g/mol. The van der Waals surface area contributed by atoms with Crippen LogP contribution in [0.25, 0.3) is 0 Å². The van der Waals surface area contributed by atoms with E-state index in [-0.39, 0.29) is 6.61 Å². The van der Waals surface area contributed by atoms with Gasteiger partial charge in [0, 0.05) is 13.0 Å². The minimum absolute atomic E-state index is 0.279. The summed E-state index contributed by atoms with van der Waals surface area (Å²) in [5, 5.41) is 11.4. The highest BCUT2D eigenvalue weighted by Crippen LogP contribution is 2.29. The Kier molecular flexibility index (Phi) is 9.05. The molecule has 6 heteroatoms. The van der Waals surface area contributed by atoms with Gasteiger partial charge in [-0.1, -0.05) is 43.2 Å². The number of aliphatic hydroxyl groups is 1. The summed E-state index contributed by atoms with van der Waals surface area (Å²) in [5.41, 5.74) is 1.62. The third kappa shape index (κ3) is 7.18. The third-order valence-electron chi connectivity index (χ3n) is 4.77. The Morgan fingerprint density at radius 1 is 1.33 bits per heavy atom. The maximum atomic E-state index is 11.4. The maximum Gasteiger partial charge on any atom is 0.334 e. The van der Waals surface area contributed by atoms with E-state index in [2.05, 4.69) is 0 Å². The summed E-state index contributed by atoms with van der Waals surface area (Å²) in [7, 11) is 0.